The molecule has 0 saturated carbocycles. The molecule has 1 aromatic heterocycles. The van der Waals surface area contributed by atoms with Crippen molar-refractivity contribution in [3.63, 3.8) is 0 Å². The number of para-hydroxylation sites is 1. The highest BCUT2D eigenvalue weighted by Crippen LogP contribution is 2.26. The molecule has 3 aromatic rings. The molecule has 2 aromatic carbocycles. The molecule has 4 rings (SSSR count). The average Bonchev–Trinajstić information content (AvgIpc) is 2.84. The van der Waals surface area contributed by atoms with Crippen molar-refractivity contribution in [1.29, 1.82) is 0 Å². The number of carbonyl (C=O) groups is 1. The van der Waals surface area contributed by atoms with E-state index in [0.29, 0.717) is 23.7 Å². The summed E-state index contributed by atoms with van der Waals surface area (Å²) >= 11 is 0. The number of likely N-dealkylation sites (N-methyl/N-ethyl adjacent to an activating group) is 1. The SMILES string of the molecule is CN(C(=O)c1ccccc1)C1CCCN(c2cnc(C(N)O)c(Nc3ccccc3)n2)C1. The van der Waals surface area contributed by atoms with Crippen molar-refractivity contribution >= 4 is 23.2 Å². The van der Waals surface area contributed by atoms with E-state index in [1.807, 2.05) is 72.6 Å². The molecule has 1 amide bonds. The van der Waals surface area contributed by atoms with Crippen molar-refractivity contribution in [2.75, 3.05) is 30.4 Å². The largest absolute Gasteiger partial charge is 0.373 e. The van der Waals surface area contributed by atoms with Crippen LogP contribution in [0, 0.1) is 0 Å². The van der Waals surface area contributed by atoms with Crippen LogP contribution in [0.15, 0.2) is 66.9 Å². The van der Waals surface area contributed by atoms with Gasteiger partial charge < -0.3 is 26.0 Å². The molecule has 1 aliphatic heterocycles. The lowest BCUT2D eigenvalue weighted by molar-refractivity contribution is 0.0717. The van der Waals surface area contributed by atoms with Gasteiger partial charge in [0.2, 0.25) is 0 Å². The van der Waals surface area contributed by atoms with Crippen LogP contribution in [0.3, 0.4) is 0 Å². The maximum absolute atomic E-state index is 12.9. The van der Waals surface area contributed by atoms with Gasteiger partial charge in [-0.3, -0.25) is 4.79 Å². The Hall–Kier alpha value is -3.49. The zero-order valence-corrected chi connectivity index (χ0v) is 18.1. The Bertz CT molecular complexity index is 1040. The molecule has 1 saturated heterocycles. The molecular weight excluding hydrogens is 404 g/mol. The Morgan fingerprint density at radius 3 is 2.56 bits per heavy atom. The third-order valence-corrected chi connectivity index (χ3v) is 5.71. The highest BCUT2D eigenvalue weighted by atomic mass is 16.3. The van der Waals surface area contributed by atoms with Gasteiger partial charge in [0, 0.05) is 37.4 Å². The van der Waals surface area contributed by atoms with E-state index in [4.69, 9.17) is 10.7 Å². The van der Waals surface area contributed by atoms with Gasteiger partial charge in [-0.1, -0.05) is 36.4 Å². The van der Waals surface area contributed by atoms with Crippen molar-refractivity contribution in [2.24, 2.45) is 5.73 Å². The summed E-state index contributed by atoms with van der Waals surface area (Å²) < 4.78 is 0. The zero-order chi connectivity index (χ0) is 22.5. The number of nitrogens with one attached hydrogen (secondary N) is 1. The second-order valence-electron chi connectivity index (χ2n) is 7.92. The van der Waals surface area contributed by atoms with Gasteiger partial charge in [0.05, 0.1) is 6.20 Å². The van der Waals surface area contributed by atoms with Gasteiger partial charge >= 0.3 is 0 Å². The van der Waals surface area contributed by atoms with Crippen molar-refractivity contribution in [3.8, 4) is 0 Å². The molecule has 8 heteroatoms. The Kier molecular flexibility index (Phi) is 6.63. The van der Waals surface area contributed by atoms with Gasteiger partial charge in [-0.2, -0.15) is 0 Å². The third-order valence-electron chi connectivity index (χ3n) is 5.71. The van der Waals surface area contributed by atoms with Crippen molar-refractivity contribution in [1.82, 2.24) is 14.9 Å². The Balaban J connectivity index is 1.54. The van der Waals surface area contributed by atoms with E-state index in [9.17, 15) is 9.90 Å². The summed E-state index contributed by atoms with van der Waals surface area (Å²) in [6.07, 6.45) is 2.24. The van der Waals surface area contributed by atoms with Crippen LogP contribution in [0.4, 0.5) is 17.3 Å². The van der Waals surface area contributed by atoms with Crippen molar-refractivity contribution < 1.29 is 9.90 Å². The first kappa shape index (κ1) is 21.7. The number of hydrogen-bond acceptors (Lipinski definition) is 7. The molecule has 0 bridgehead atoms. The van der Waals surface area contributed by atoms with Gasteiger partial charge in [0.25, 0.3) is 5.91 Å². The van der Waals surface area contributed by atoms with Crippen LogP contribution in [-0.2, 0) is 0 Å². The predicted molar refractivity (Wildman–Crippen MR) is 125 cm³/mol. The molecule has 2 heterocycles. The van der Waals surface area contributed by atoms with E-state index in [1.54, 1.807) is 6.20 Å². The number of aromatic nitrogens is 2. The molecule has 0 radical (unpaired) electrons. The number of aliphatic hydroxyl groups is 1. The summed E-state index contributed by atoms with van der Waals surface area (Å²) in [6.45, 7) is 1.47. The Morgan fingerprint density at radius 2 is 1.88 bits per heavy atom. The first-order valence-corrected chi connectivity index (χ1v) is 10.7. The lowest BCUT2D eigenvalue weighted by Gasteiger charge is -2.38. The fourth-order valence-electron chi connectivity index (χ4n) is 3.94. The fourth-order valence-corrected chi connectivity index (χ4v) is 3.94. The standard InChI is InChI=1S/C24H28N6O2/c1-29(24(32)17-9-4-2-5-10-17)19-13-8-14-30(16-19)20-15-26-21(22(25)31)23(28-20)27-18-11-6-3-7-12-18/h2-7,9-12,15,19,22,31H,8,13-14,16,25H2,1H3,(H,27,28). The van der Waals surface area contributed by atoms with Gasteiger partial charge in [0.1, 0.15) is 17.7 Å². The molecule has 0 aliphatic carbocycles. The maximum Gasteiger partial charge on any atom is 0.253 e. The number of carbonyl (C=O) groups excluding carboxylic acids is 1. The minimum atomic E-state index is -1.24. The molecule has 1 fully saturated rings. The number of aliphatic hydroxyl groups excluding tert-OH is 1. The summed E-state index contributed by atoms with van der Waals surface area (Å²) in [5.41, 5.74) is 7.49. The highest BCUT2D eigenvalue weighted by molar-refractivity contribution is 5.94. The monoisotopic (exact) mass is 432 g/mol. The Labute approximate surface area is 187 Å². The van der Waals surface area contributed by atoms with E-state index in [1.165, 1.54) is 0 Å². The number of nitrogens with two attached hydrogens (primary N) is 1. The first-order chi connectivity index (χ1) is 15.5. The summed E-state index contributed by atoms with van der Waals surface area (Å²) in [5, 5.41) is 13.1. The molecule has 1 aliphatic rings. The number of rotatable bonds is 6. The Morgan fingerprint density at radius 1 is 1.19 bits per heavy atom. The molecule has 8 nitrogen and oxygen atoms in total. The molecule has 2 atom stereocenters. The number of anilines is 3. The van der Waals surface area contributed by atoms with Crippen LogP contribution in [-0.4, -0.2) is 52.1 Å². The summed E-state index contributed by atoms with van der Waals surface area (Å²) in [6, 6.07) is 18.9. The van der Waals surface area contributed by atoms with E-state index in [0.717, 1.165) is 25.1 Å². The third kappa shape index (κ3) is 4.87. The predicted octanol–water partition coefficient (Wildman–Crippen LogP) is 2.91. The summed E-state index contributed by atoms with van der Waals surface area (Å²) in [5.74, 6) is 1.11. The number of amides is 1. The second-order valence-corrected chi connectivity index (χ2v) is 7.92. The minimum Gasteiger partial charge on any atom is -0.373 e. The maximum atomic E-state index is 12.9. The van der Waals surface area contributed by atoms with Crippen molar-refractivity contribution in [3.05, 3.63) is 78.1 Å². The van der Waals surface area contributed by atoms with Gasteiger partial charge in [-0.05, 0) is 37.1 Å². The molecule has 0 spiro atoms. The zero-order valence-electron chi connectivity index (χ0n) is 18.1. The number of piperidine rings is 1. The van der Waals surface area contributed by atoms with E-state index in [2.05, 4.69) is 15.2 Å². The number of hydrogen-bond donors (Lipinski definition) is 3. The van der Waals surface area contributed by atoms with Crippen LogP contribution in [0.25, 0.3) is 0 Å². The smallest absolute Gasteiger partial charge is 0.253 e. The fraction of sp³-hybridized carbons (Fsp3) is 0.292. The molecule has 166 valence electrons. The van der Waals surface area contributed by atoms with E-state index in [-0.39, 0.29) is 17.6 Å². The normalized spacial score (nSPS) is 17.0. The van der Waals surface area contributed by atoms with E-state index < -0.39 is 6.23 Å². The quantitative estimate of drug-likeness (QED) is 0.514. The first-order valence-electron chi connectivity index (χ1n) is 10.7. The lowest BCUT2D eigenvalue weighted by atomic mass is 10.0. The lowest BCUT2D eigenvalue weighted by Crippen LogP contribution is -2.49. The topological polar surface area (TPSA) is 108 Å². The molecule has 2 unspecified atom stereocenters. The van der Waals surface area contributed by atoms with E-state index >= 15 is 0 Å². The van der Waals surface area contributed by atoms with Gasteiger partial charge in [-0.15, -0.1) is 0 Å². The van der Waals surface area contributed by atoms with Crippen molar-refractivity contribution in [2.45, 2.75) is 25.1 Å². The summed E-state index contributed by atoms with van der Waals surface area (Å²) in [4.78, 5) is 25.9. The average molecular weight is 433 g/mol. The number of nitrogens with zero attached hydrogens (tertiary/aromatic N) is 4. The van der Waals surface area contributed by atoms with Crippen LogP contribution in [0.1, 0.15) is 35.1 Å². The van der Waals surface area contributed by atoms with Crippen LogP contribution >= 0.6 is 0 Å². The van der Waals surface area contributed by atoms with Crippen LogP contribution in [0.5, 0.6) is 0 Å². The molecular formula is C24H28N6O2. The number of benzene rings is 2. The van der Waals surface area contributed by atoms with Crippen LogP contribution < -0.4 is 16.0 Å². The van der Waals surface area contributed by atoms with Crippen LogP contribution in [0.2, 0.25) is 0 Å². The van der Waals surface area contributed by atoms with Gasteiger partial charge in [0.15, 0.2) is 5.82 Å². The minimum absolute atomic E-state index is 0.0107. The second kappa shape index (κ2) is 9.76. The molecule has 4 N–H and O–H groups in total. The van der Waals surface area contributed by atoms with Gasteiger partial charge in [-0.25, -0.2) is 9.97 Å². The molecule has 32 heavy (non-hydrogen) atoms. The highest BCUT2D eigenvalue weighted by Gasteiger charge is 2.28. The summed E-state index contributed by atoms with van der Waals surface area (Å²) in [7, 11) is 1.85.